The van der Waals surface area contributed by atoms with Crippen molar-refractivity contribution < 1.29 is 9.84 Å². The predicted octanol–water partition coefficient (Wildman–Crippen LogP) is 2.11. The summed E-state index contributed by atoms with van der Waals surface area (Å²) in [6.07, 6.45) is 3.02. The molecule has 94 valence electrons. The zero-order valence-electron chi connectivity index (χ0n) is 10.0. The van der Waals surface area contributed by atoms with E-state index in [2.05, 4.69) is 33.4 Å². The third kappa shape index (κ3) is 2.81. The van der Waals surface area contributed by atoms with Gasteiger partial charge in [-0.1, -0.05) is 6.07 Å². The van der Waals surface area contributed by atoms with Gasteiger partial charge in [-0.05, 0) is 59.4 Å². The number of nitrogens with one attached hydrogen (secondary N) is 1. The van der Waals surface area contributed by atoms with Gasteiger partial charge in [-0.2, -0.15) is 0 Å². The summed E-state index contributed by atoms with van der Waals surface area (Å²) in [7, 11) is 1.66. The van der Waals surface area contributed by atoms with Gasteiger partial charge in [-0.15, -0.1) is 0 Å². The van der Waals surface area contributed by atoms with Crippen molar-refractivity contribution in [1.82, 2.24) is 5.32 Å². The van der Waals surface area contributed by atoms with E-state index >= 15 is 0 Å². The molecule has 1 unspecified atom stereocenters. The molecule has 0 aromatic heterocycles. The fraction of sp³-hybridized carbons (Fsp3) is 0.538. The molecule has 4 heteroatoms. The van der Waals surface area contributed by atoms with E-state index < -0.39 is 0 Å². The van der Waals surface area contributed by atoms with Gasteiger partial charge in [-0.3, -0.25) is 0 Å². The van der Waals surface area contributed by atoms with Crippen molar-refractivity contribution >= 4 is 15.9 Å². The summed E-state index contributed by atoms with van der Waals surface area (Å²) in [5.74, 6) is 0.839. The molecule has 1 aromatic carbocycles. The zero-order valence-corrected chi connectivity index (χ0v) is 11.6. The zero-order chi connectivity index (χ0) is 12.3. The van der Waals surface area contributed by atoms with Crippen LogP contribution < -0.4 is 10.1 Å². The minimum absolute atomic E-state index is 0.131. The first-order valence-corrected chi connectivity index (χ1v) is 6.67. The van der Waals surface area contributed by atoms with Crippen LogP contribution in [0, 0.1) is 0 Å². The minimum atomic E-state index is -0.131. The second-order valence-electron chi connectivity index (χ2n) is 4.61. The van der Waals surface area contributed by atoms with Crippen LogP contribution in [0.15, 0.2) is 22.7 Å². The molecule has 1 heterocycles. The monoisotopic (exact) mass is 299 g/mol. The lowest BCUT2D eigenvalue weighted by Crippen LogP contribution is -2.45. The van der Waals surface area contributed by atoms with Crippen molar-refractivity contribution in [3.05, 3.63) is 28.2 Å². The Morgan fingerprint density at radius 1 is 1.53 bits per heavy atom. The van der Waals surface area contributed by atoms with Crippen molar-refractivity contribution in [3.8, 4) is 5.75 Å². The first kappa shape index (κ1) is 12.9. The van der Waals surface area contributed by atoms with Crippen LogP contribution in [-0.4, -0.2) is 30.9 Å². The predicted molar refractivity (Wildman–Crippen MR) is 71.5 cm³/mol. The van der Waals surface area contributed by atoms with E-state index in [1.807, 2.05) is 6.07 Å². The van der Waals surface area contributed by atoms with Gasteiger partial charge >= 0.3 is 0 Å². The summed E-state index contributed by atoms with van der Waals surface area (Å²) in [5.41, 5.74) is 1.08. The lowest BCUT2D eigenvalue weighted by atomic mass is 9.90. The number of methoxy groups -OCH3 is 1. The summed E-state index contributed by atoms with van der Waals surface area (Å²) >= 11 is 3.49. The summed E-state index contributed by atoms with van der Waals surface area (Å²) in [6.45, 7) is 1.19. The van der Waals surface area contributed by atoms with E-state index in [1.165, 1.54) is 5.56 Å². The molecule has 2 N–H and O–H groups in total. The second kappa shape index (κ2) is 5.38. The number of benzene rings is 1. The lowest BCUT2D eigenvalue weighted by Gasteiger charge is -2.27. The van der Waals surface area contributed by atoms with Gasteiger partial charge in [0, 0.05) is 5.54 Å². The maximum atomic E-state index is 9.55. The molecule has 1 aliphatic heterocycles. The summed E-state index contributed by atoms with van der Waals surface area (Å²) < 4.78 is 6.17. The molecule has 1 fully saturated rings. The van der Waals surface area contributed by atoms with Crippen LogP contribution in [0.4, 0.5) is 0 Å². The Kier molecular flexibility index (Phi) is 4.07. The Hall–Kier alpha value is -0.580. The fourth-order valence-electron chi connectivity index (χ4n) is 2.42. The lowest BCUT2D eigenvalue weighted by molar-refractivity contribution is 0.177. The molecule has 1 atom stereocenters. The molecule has 17 heavy (non-hydrogen) atoms. The average molecular weight is 300 g/mol. The number of hydrogen-bond acceptors (Lipinski definition) is 3. The molecule has 1 aromatic rings. The SMILES string of the molecule is COc1ccc(CC2(CO)CCCN2)cc1Br. The van der Waals surface area contributed by atoms with E-state index in [9.17, 15) is 5.11 Å². The maximum absolute atomic E-state index is 9.55. The van der Waals surface area contributed by atoms with Crippen LogP contribution in [0.1, 0.15) is 18.4 Å². The number of aliphatic hydroxyl groups is 1. The van der Waals surface area contributed by atoms with Crippen LogP contribution in [0.5, 0.6) is 5.75 Å². The highest BCUT2D eigenvalue weighted by Gasteiger charge is 2.32. The second-order valence-corrected chi connectivity index (χ2v) is 5.47. The van der Waals surface area contributed by atoms with E-state index in [4.69, 9.17) is 4.74 Å². The average Bonchev–Trinajstić information content (AvgIpc) is 2.79. The quantitative estimate of drug-likeness (QED) is 0.895. The Morgan fingerprint density at radius 3 is 2.88 bits per heavy atom. The van der Waals surface area contributed by atoms with Gasteiger partial charge in [0.05, 0.1) is 18.2 Å². The van der Waals surface area contributed by atoms with E-state index in [1.54, 1.807) is 7.11 Å². The van der Waals surface area contributed by atoms with Crippen molar-refractivity contribution in [2.24, 2.45) is 0 Å². The molecule has 0 amide bonds. The highest BCUT2D eigenvalue weighted by molar-refractivity contribution is 9.10. The molecular formula is C13H18BrNO2. The number of ether oxygens (including phenoxy) is 1. The van der Waals surface area contributed by atoms with Gasteiger partial charge in [0.15, 0.2) is 0 Å². The van der Waals surface area contributed by atoms with E-state index in [0.717, 1.165) is 36.0 Å². The van der Waals surface area contributed by atoms with Gasteiger partial charge < -0.3 is 15.2 Å². The van der Waals surface area contributed by atoms with Gasteiger partial charge in [0.2, 0.25) is 0 Å². The Balaban J connectivity index is 2.15. The summed E-state index contributed by atoms with van der Waals surface area (Å²) in [6, 6.07) is 6.08. The fourth-order valence-corrected chi connectivity index (χ4v) is 3.01. The minimum Gasteiger partial charge on any atom is -0.496 e. The molecular weight excluding hydrogens is 282 g/mol. The molecule has 3 nitrogen and oxygen atoms in total. The molecule has 0 bridgehead atoms. The van der Waals surface area contributed by atoms with Gasteiger partial charge in [-0.25, -0.2) is 0 Å². The molecule has 1 aliphatic rings. The van der Waals surface area contributed by atoms with Crippen molar-refractivity contribution in [3.63, 3.8) is 0 Å². The van der Waals surface area contributed by atoms with Crippen LogP contribution in [0.2, 0.25) is 0 Å². The van der Waals surface area contributed by atoms with E-state index in [-0.39, 0.29) is 12.1 Å². The van der Waals surface area contributed by atoms with Gasteiger partial charge in [0.25, 0.3) is 0 Å². The molecule has 0 saturated carbocycles. The molecule has 2 rings (SSSR count). The topological polar surface area (TPSA) is 41.5 Å². The summed E-state index contributed by atoms with van der Waals surface area (Å²) in [5, 5.41) is 13.0. The highest BCUT2D eigenvalue weighted by atomic mass is 79.9. The Morgan fingerprint density at radius 2 is 2.35 bits per heavy atom. The molecule has 0 spiro atoms. The highest BCUT2D eigenvalue weighted by Crippen LogP contribution is 2.29. The third-order valence-corrected chi connectivity index (χ3v) is 4.01. The van der Waals surface area contributed by atoms with Crippen LogP contribution >= 0.6 is 15.9 Å². The van der Waals surface area contributed by atoms with Gasteiger partial charge in [0.1, 0.15) is 5.75 Å². The standard InChI is InChI=1S/C13H18BrNO2/c1-17-12-4-3-10(7-11(12)14)8-13(9-16)5-2-6-15-13/h3-4,7,15-16H,2,5-6,8-9H2,1H3. The molecule has 0 radical (unpaired) electrons. The first-order valence-electron chi connectivity index (χ1n) is 5.87. The summed E-state index contributed by atoms with van der Waals surface area (Å²) in [4.78, 5) is 0. The Labute approximate surface area is 110 Å². The Bertz CT molecular complexity index is 389. The van der Waals surface area contributed by atoms with Crippen molar-refractivity contribution in [2.75, 3.05) is 20.3 Å². The largest absolute Gasteiger partial charge is 0.496 e. The number of aliphatic hydroxyl groups excluding tert-OH is 1. The van der Waals surface area contributed by atoms with Crippen LogP contribution in [0.3, 0.4) is 0 Å². The van der Waals surface area contributed by atoms with Crippen LogP contribution in [0.25, 0.3) is 0 Å². The van der Waals surface area contributed by atoms with Crippen molar-refractivity contribution in [1.29, 1.82) is 0 Å². The van der Waals surface area contributed by atoms with Crippen LogP contribution in [-0.2, 0) is 6.42 Å². The molecule has 1 saturated heterocycles. The number of hydrogen-bond donors (Lipinski definition) is 2. The number of rotatable bonds is 4. The third-order valence-electron chi connectivity index (χ3n) is 3.39. The molecule has 0 aliphatic carbocycles. The van der Waals surface area contributed by atoms with E-state index in [0.29, 0.717) is 0 Å². The first-order chi connectivity index (χ1) is 8.19. The van der Waals surface area contributed by atoms with Crippen molar-refractivity contribution in [2.45, 2.75) is 24.8 Å². The maximum Gasteiger partial charge on any atom is 0.133 e. The number of halogens is 1. The smallest absolute Gasteiger partial charge is 0.133 e. The normalized spacial score (nSPS) is 23.9.